The average Bonchev–Trinajstić information content (AvgIpc) is 3.43. The van der Waals surface area contributed by atoms with Crippen LogP contribution in [0.2, 0.25) is 0 Å². The van der Waals surface area contributed by atoms with Crippen LogP contribution in [-0.2, 0) is 25.4 Å². The molecule has 6 aliphatic rings. The second kappa shape index (κ2) is 8.20. The third kappa shape index (κ3) is 2.82. The second-order valence-electron chi connectivity index (χ2n) is 13.7. The van der Waals surface area contributed by atoms with Gasteiger partial charge in [0.2, 0.25) is 0 Å². The van der Waals surface area contributed by atoms with Crippen LogP contribution in [0.25, 0.3) is 5.69 Å². The summed E-state index contributed by atoms with van der Waals surface area (Å²) < 4.78 is 10.7. The number of hydrogen-bond donors (Lipinski definition) is 0. The molecule has 8 rings (SSSR count). The Balaban J connectivity index is 1.53. The van der Waals surface area contributed by atoms with Gasteiger partial charge in [0.25, 0.3) is 0 Å². The number of carbonyl (C=O) groups is 2. The molecule has 9 atom stereocenters. The van der Waals surface area contributed by atoms with E-state index in [9.17, 15) is 19.2 Å². The first-order chi connectivity index (χ1) is 19.0. The van der Waals surface area contributed by atoms with Crippen molar-refractivity contribution in [3.8, 4) is 5.69 Å². The van der Waals surface area contributed by atoms with E-state index >= 15 is 0 Å². The maximum Gasteiger partial charge on any atom is 0.352 e. The summed E-state index contributed by atoms with van der Waals surface area (Å²) in [4.78, 5) is 53.1. The average molecular weight is 546 g/mol. The van der Waals surface area contributed by atoms with Crippen molar-refractivity contribution >= 4 is 12.3 Å². The molecule has 0 amide bonds. The summed E-state index contributed by atoms with van der Waals surface area (Å²) in [5.74, 6) is 0.137. The fourth-order valence-electron chi connectivity index (χ4n) is 10.7. The van der Waals surface area contributed by atoms with E-state index in [1.165, 1.54) is 11.5 Å². The van der Waals surface area contributed by atoms with Gasteiger partial charge in [-0.15, -0.1) is 0 Å². The summed E-state index contributed by atoms with van der Waals surface area (Å²) in [6.45, 7) is 8.10. The fraction of sp³-hybridized carbons (Fsp3) is 0.625. The number of rotatable bonds is 4. The van der Waals surface area contributed by atoms with E-state index in [0.717, 1.165) is 44.8 Å². The van der Waals surface area contributed by atoms with Crippen LogP contribution < -0.4 is 11.4 Å². The molecule has 1 aromatic carbocycles. The number of fused-ring (bicyclic) bond motifs is 1. The summed E-state index contributed by atoms with van der Waals surface area (Å²) in [6, 6.07) is 9.18. The topological polar surface area (TPSA) is 92.3 Å². The molecule has 2 aliphatic heterocycles. The smallest absolute Gasteiger partial charge is 0.352 e. The van der Waals surface area contributed by atoms with Crippen molar-refractivity contribution in [2.45, 2.75) is 89.8 Å². The summed E-state index contributed by atoms with van der Waals surface area (Å²) in [5.41, 5.74) is -1.95. The van der Waals surface area contributed by atoms with E-state index < -0.39 is 11.1 Å². The number of hydrogen-bond acceptors (Lipinski definition) is 5. The zero-order chi connectivity index (χ0) is 28.2. The molecule has 1 aromatic heterocycles. The number of ether oxygens (including phenoxy) is 1. The maximum atomic E-state index is 14.6. The van der Waals surface area contributed by atoms with Crippen molar-refractivity contribution in [2.75, 3.05) is 0 Å². The number of aldehydes is 1. The highest BCUT2D eigenvalue weighted by Gasteiger charge is 2.75. The van der Waals surface area contributed by atoms with Gasteiger partial charge in [0.1, 0.15) is 12.4 Å². The van der Waals surface area contributed by atoms with Gasteiger partial charge in [0.05, 0.1) is 16.8 Å². The molecule has 8 nitrogen and oxygen atoms in total. The Morgan fingerprint density at radius 3 is 2.40 bits per heavy atom. The fourth-order valence-corrected chi connectivity index (χ4v) is 10.7. The molecule has 3 heterocycles. The highest BCUT2D eigenvalue weighted by molar-refractivity contribution is 5.66. The number of nitrogens with zero attached hydrogens (tertiary/aromatic N) is 3. The standard InChI is InChI=1S/C32H39N3O5/c1-20(19-36)24-10-11-25-29(24,3)14-13-26-30(4)15-12-23(40-21(2)37)18-31(30)16-17-32(25,26)35-28(39)33(27(38)34(31)35)22-8-6-5-7-9-22/h5-9,16-17,19-20,23-26H,10-15,18H2,1-4H3/t20-,23+,24?,25?,26?,29?,30?,31-,32+/m1/s1. The summed E-state index contributed by atoms with van der Waals surface area (Å²) in [6.07, 6.45) is 11.0. The number of allylic oxidation sites excluding steroid dienone is 2. The van der Waals surface area contributed by atoms with Crippen molar-refractivity contribution in [3.05, 3.63) is 63.5 Å². The van der Waals surface area contributed by atoms with Crippen LogP contribution in [0.3, 0.4) is 0 Å². The largest absolute Gasteiger partial charge is 0.462 e. The van der Waals surface area contributed by atoms with Crippen molar-refractivity contribution in [3.63, 3.8) is 0 Å². The maximum absolute atomic E-state index is 14.6. The Morgan fingerprint density at radius 1 is 0.975 bits per heavy atom. The van der Waals surface area contributed by atoms with Gasteiger partial charge in [-0.2, -0.15) is 0 Å². The van der Waals surface area contributed by atoms with Crippen LogP contribution in [0.4, 0.5) is 0 Å². The Morgan fingerprint density at radius 2 is 1.70 bits per heavy atom. The first-order valence-corrected chi connectivity index (χ1v) is 14.9. The number of para-hydroxylation sites is 1. The second-order valence-corrected chi connectivity index (χ2v) is 13.7. The van der Waals surface area contributed by atoms with Crippen LogP contribution >= 0.6 is 0 Å². The molecule has 5 unspecified atom stereocenters. The van der Waals surface area contributed by atoms with Gasteiger partial charge in [-0.25, -0.2) is 23.5 Å². The minimum Gasteiger partial charge on any atom is -0.462 e. The van der Waals surface area contributed by atoms with E-state index in [1.807, 2.05) is 41.9 Å². The molecule has 2 spiro atoms. The predicted octanol–water partition coefficient (Wildman–Crippen LogP) is 4.17. The van der Waals surface area contributed by atoms with Crippen molar-refractivity contribution in [2.24, 2.45) is 34.5 Å². The highest BCUT2D eigenvalue weighted by atomic mass is 16.5. The van der Waals surface area contributed by atoms with Gasteiger partial charge in [0.15, 0.2) is 0 Å². The summed E-state index contributed by atoms with van der Waals surface area (Å²) in [5, 5.41) is 0. The van der Waals surface area contributed by atoms with Gasteiger partial charge in [-0.3, -0.25) is 4.79 Å². The minimum atomic E-state index is -0.782. The lowest BCUT2D eigenvalue weighted by molar-refractivity contribution is -0.204. The van der Waals surface area contributed by atoms with E-state index in [0.29, 0.717) is 12.1 Å². The quantitative estimate of drug-likeness (QED) is 0.327. The zero-order valence-electron chi connectivity index (χ0n) is 23.8. The molecule has 2 bridgehead atoms. The normalized spacial score (nSPS) is 41.4. The van der Waals surface area contributed by atoms with E-state index in [1.54, 1.807) is 4.68 Å². The van der Waals surface area contributed by atoms with Gasteiger partial charge in [0, 0.05) is 24.7 Å². The van der Waals surface area contributed by atoms with E-state index in [4.69, 9.17) is 4.74 Å². The summed E-state index contributed by atoms with van der Waals surface area (Å²) in [7, 11) is 0. The van der Waals surface area contributed by atoms with Gasteiger partial charge in [-0.1, -0.05) is 51.1 Å². The lowest BCUT2D eigenvalue weighted by Crippen LogP contribution is -2.76. The van der Waals surface area contributed by atoms with Gasteiger partial charge >= 0.3 is 17.3 Å². The van der Waals surface area contributed by atoms with Crippen LogP contribution in [0, 0.1) is 34.5 Å². The van der Waals surface area contributed by atoms with Crippen LogP contribution in [0.5, 0.6) is 0 Å². The van der Waals surface area contributed by atoms with E-state index in [-0.39, 0.29) is 58.0 Å². The first-order valence-electron chi connectivity index (χ1n) is 14.9. The SMILES string of the molecule is CC(=O)O[C@H]1CCC2(C)C3CCC4(C)C([C@H](C)C=O)CCC4[C@@]34C=C[C@]2(C1)n1c(=O)n(-c2ccccc2)c(=O)n14. The molecular weight excluding hydrogens is 506 g/mol. The van der Waals surface area contributed by atoms with Crippen molar-refractivity contribution in [1.82, 2.24) is 13.9 Å². The molecule has 0 radical (unpaired) electrons. The van der Waals surface area contributed by atoms with Crippen LogP contribution in [0.1, 0.15) is 72.6 Å². The number of aromatic nitrogens is 3. The Bertz CT molecular complexity index is 1550. The minimum absolute atomic E-state index is 0.0548. The molecule has 40 heavy (non-hydrogen) atoms. The molecule has 4 aliphatic carbocycles. The Labute approximate surface area is 234 Å². The van der Waals surface area contributed by atoms with Crippen LogP contribution in [0.15, 0.2) is 52.1 Å². The van der Waals surface area contributed by atoms with Crippen molar-refractivity contribution in [1.29, 1.82) is 0 Å². The third-order valence-corrected chi connectivity index (χ3v) is 12.3. The summed E-state index contributed by atoms with van der Waals surface area (Å²) >= 11 is 0. The number of esters is 1. The first kappa shape index (κ1) is 25.8. The lowest BCUT2D eigenvalue weighted by atomic mass is 9.40. The highest BCUT2D eigenvalue weighted by Crippen LogP contribution is 2.73. The number of carbonyl (C=O) groups excluding carboxylic acids is 2. The van der Waals surface area contributed by atoms with Crippen LogP contribution in [-0.4, -0.2) is 32.3 Å². The van der Waals surface area contributed by atoms with Gasteiger partial charge in [-0.05, 0) is 73.8 Å². The monoisotopic (exact) mass is 545 g/mol. The number of benzene rings is 1. The molecule has 3 saturated carbocycles. The molecule has 212 valence electrons. The Kier molecular flexibility index (Phi) is 5.29. The lowest BCUT2D eigenvalue weighted by Gasteiger charge is -2.71. The van der Waals surface area contributed by atoms with E-state index in [2.05, 4.69) is 26.0 Å². The molecule has 0 N–H and O–H groups in total. The van der Waals surface area contributed by atoms with Crippen molar-refractivity contribution < 1.29 is 14.3 Å². The third-order valence-electron chi connectivity index (χ3n) is 12.3. The molecule has 0 saturated heterocycles. The van der Waals surface area contributed by atoms with Gasteiger partial charge < -0.3 is 9.53 Å². The zero-order valence-corrected chi connectivity index (χ0v) is 23.8. The molecule has 3 fully saturated rings. The Hall–Kier alpha value is -3.16. The molecule has 2 aromatic rings. The predicted molar refractivity (Wildman–Crippen MR) is 149 cm³/mol. The molecule has 8 heteroatoms. The molecular formula is C32H39N3O5.